The molecule has 7 heteroatoms. The highest BCUT2D eigenvalue weighted by atomic mass is 16.3. The number of H-pyrrole nitrogens is 1. The largest absolute Gasteiger partial charge is 0.383 e. The molecular formula is C15H14N6O. The zero-order valence-corrected chi connectivity index (χ0v) is 11.9. The van der Waals surface area contributed by atoms with E-state index in [-0.39, 0.29) is 0 Å². The minimum Gasteiger partial charge on any atom is -0.383 e. The number of hydrogen-bond acceptors (Lipinski definition) is 5. The molecular weight excluding hydrogens is 280 g/mol. The second kappa shape index (κ2) is 4.54. The van der Waals surface area contributed by atoms with Gasteiger partial charge in [-0.15, -0.1) is 0 Å². The van der Waals surface area contributed by atoms with E-state index in [1.165, 1.54) is 4.68 Å². The van der Waals surface area contributed by atoms with E-state index < -0.39 is 6.23 Å². The lowest BCUT2D eigenvalue weighted by atomic mass is 10.1. The number of benzene rings is 1. The number of aliphatic hydroxyl groups excluding tert-OH is 1. The van der Waals surface area contributed by atoms with Crippen molar-refractivity contribution >= 4 is 27.6 Å². The lowest BCUT2D eigenvalue weighted by Crippen LogP contribution is -2.03. The van der Waals surface area contributed by atoms with Gasteiger partial charge in [-0.05, 0) is 25.1 Å². The molecule has 0 amide bonds. The summed E-state index contributed by atoms with van der Waals surface area (Å²) >= 11 is 0. The highest BCUT2D eigenvalue weighted by molar-refractivity contribution is 6.08. The quantitative estimate of drug-likeness (QED) is 0.525. The van der Waals surface area contributed by atoms with Crippen molar-refractivity contribution in [3.63, 3.8) is 0 Å². The number of nitrogens with two attached hydrogens (primary N) is 1. The molecule has 0 saturated carbocycles. The third-order valence-electron chi connectivity index (χ3n) is 3.70. The average Bonchev–Trinajstić information content (AvgIpc) is 3.17. The summed E-state index contributed by atoms with van der Waals surface area (Å²) in [6.07, 6.45) is 2.70. The number of aliphatic hydroxyl groups is 1. The molecule has 1 unspecified atom stereocenters. The van der Waals surface area contributed by atoms with Gasteiger partial charge in [0.1, 0.15) is 17.6 Å². The average molecular weight is 294 g/mol. The van der Waals surface area contributed by atoms with E-state index in [1.807, 2.05) is 24.3 Å². The Morgan fingerprint density at radius 1 is 1.27 bits per heavy atom. The molecule has 0 spiro atoms. The summed E-state index contributed by atoms with van der Waals surface area (Å²) in [6, 6.07) is 7.78. The number of nitrogen functional groups attached to an aromatic ring is 1. The lowest BCUT2D eigenvalue weighted by molar-refractivity contribution is 0.111. The standard InChI is InChI=1S/C15H14N6O/c1-8(22)21-7-11-14(20-21)10-3-2-9(12-4-5-17-19-12)6-13(10)18-15(11)16/h2-8,22H,1H3,(H2,16,18)(H,17,19). The Bertz CT molecular complexity index is 971. The number of anilines is 1. The SMILES string of the molecule is CC(O)n1cc2c(N)nc3cc(-c4ccn[nH]4)ccc3c2n1. The van der Waals surface area contributed by atoms with Crippen molar-refractivity contribution in [1.82, 2.24) is 25.0 Å². The summed E-state index contributed by atoms with van der Waals surface area (Å²) in [5.74, 6) is 0.399. The first-order chi connectivity index (χ1) is 10.6. The number of fused-ring (bicyclic) bond motifs is 3. The van der Waals surface area contributed by atoms with Gasteiger partial charge in [0.05, 0.1) is 16.6 Å². The number of aromatic nitrogens is 5. The van der Waals surface area contributed by atoms with Crippen LogP contribution in [-0.2, 0) is 0 Å². The maximum Gasteiger partial charge on any atom is 0.144 e. The Morgan fingerprint density at radius 2 is 2.14 bits per heavy atom. The summed E-state index contributed by atoms with van der Waals surface area (Å²) in [6.45, 7) is 1.65. The van der Waals surface area contributed by atoms with E-state index in [4.69, 9.17) is 5.73 Å². The Balaban J connectivity index is 2.00. The van der Waals surface area contributed by atoms with Crippen LogP contribution in [0.15, 0.2) is 36.7 Å². The van der Waals surface area contributed by atoms with Gasteiger partial charge in [0.2, 0.25) is 0 Å². The number of nitrogens with zero attached hydrogens (tertiary/aromatic N) is 4. The maximum absolute atomic E-state index is 9.68. The van der Waals surface area contributed by atoms with Crippen LogP contribution in [0, 0.1) is 0 Å². The van der Waals surface area contributed by atoms with Crippen LogP contribution < -0.4 is 5.73 Å². The number of aromatic amines is 1. The van der Waals surface area contributed by atoms with Crippen molar-refractivity contribution in [1.29, 1.82) is 0 Å². The number of nitrogens with one attached hydrogen (secondary N) is 1. The van der Waals surface area contributed by atoms with Crippen LogP contribution >= 0.6 is 0 Å². The van der Waals surface area contributed by atoms with Gasteiger partial charge in [0.15, 0.2) is 0 Å². The molecule has 0 aliphatic rings. The number of hydrogen-bond donors (Lipinski definition) is 3. The van der Waals surface area contributed by atoms with Crippen LogP contribution in [-0.4, -0.2) is 30.1 Å². The summed E-state index contributed by atoms with van der Waals surface area (Å²) in [4.78, 5) is 4.46. The first kappa shape index (κ1) is 12.8. The van der Waals surface area contributed by atoms with Crippen molar-refractivity contribution in [2.45, 2.75) is 13.2 Å². The van der Waals surface area contributed by atoms with Crippen molar-refractivity contribution in [2.24, 2.45) is 0 Å². The molecule has 4 N–H and O–H groups in total. The van der Waals surface area contributed by atoms with Crippen LogP contribution in [0.3, 0.4) is 0 Å². The molecule has 22 heavy (non-hydrogen) atoms. The summed E-state index contributed by atoms with van der Waals surface area (Å²) in [5.41, 5.74) is 9.42. The Kier molecular flexibility index (Phi) is 2.64. The van der Waals surface area contributed by atoms with Gasteiger partial charge in [0, 0.05) is 23.3 Å². The van der Waals surface area contributed by atoms with E-state index in [0.29, 0.717) is 5.82 Å². The second-order valence-corrected chi connectivity index (χ2v) is 5.20. The van der Waals surface area contributed by atoms with Gasteiger partial charge < -0.3 is 10.8 Å². The first-order valence-electron chi connectivity index (χ1n) is 6.89. The number of pyridine rings is 1. The van der Waals surface area contributed by atoms with Crippen LogP contribution in [0.5, 0.6) is 0 Å². The molecule has 0 fully saturated rings. The summed E-state index contributed by atoms with van der Waals surface area (Å²) in [5, 5.41) is 22.6. The molecule has 4 rings (SSSR count). The zero-order valence-electron chi connectivity index (χ0n) is 11.9. The molecule has 110 valence electrons. The topological polar surface area (TPSA) is 106 Å². The molecule has 7 nitrogen and oxygen atoms in total. The van der Waals surface area contributed by atoms with Gasteiger partial charge >= 0.3 is 0 Å². The highest BCUT2D eigenvalue weighted by Gasteiger charge is 2.13. The van der Waals surface area contributed by atoms with Crippen LogP contribution in [0.1, 0.15) is 13.2 Å². The maximum atomic E-state index is 9.68. The molecule has 4 aromatic rings. The molecule has 0 aliphatic heterocycles. The summed E-state index contributed by atoms with van der Waals surface area (Å²) in [7, 11) is 0. The van der Waals surface area contributed by atoms with Crippen LogP contribution in [0.4, 0.5) is 5.82 Å². The fourth-order valence-corrected chi connectivity index (χ4v) is 2.57. The third-order valence-corrected chi connectivity index (χ3v) is 3.70. The van der Waals surface area contributed by atoms with Crippen molar-refractivity contribution in [2.75, 3.05) is 5.73 Å². The monoisotopic (exact) mass is 294 g/mol. The Labute approximate surface area is 125 Å². The summed E-state index contributed by atoms with van der Waals surface area (Å²) < 4.78 is 1.48. The van der Waals surface area contributed by atoms with Crippen LogP contribution in [0.25, 0.3) is 33.1 Å². The lowest BCUT2D eigenvalue weighted by Gasteiger charge is -2.04. The predicted molar refractivity (Wildman–Crippen MR) is 84.0 cm³/mol. The van der Waals surface area contributed by atoms with Crippen LogP contribution in [0.2, 0.25) is 0 Å². The third kappa shape index (κ3) is 1.83. The van der Waals surface area contributed by atoms with Crippen molar-refractivity contribution in [3.8, 4) is 11.3 Å². The highest BCUT2D eigenvalue weighted by Crippen LogP contribution is 2.30. The fraction of sp³-hybridized carbons (Fsp3) is 0.133. The number of rotatable bonds is 2. The normalized spacial score (nSPS) is 13.0. The van der Waals surface area contributed by atoms with Gasteiger partial charge in [-0.25, -0.2) is 9.67 Å². The molecule has 0 aliphatic carbocycles. The molecule has 0 saturated heterocycles. The van der Waals surface area contributed by atoms with E-state index in [2.05, 4.69) is 20.3 Å². The van der Waals surface area contributed by atoms with Gasteiger partial charge in [-0.2, -0.15) is 10.2 Å². The smallest absolute Gasteiger partial charge is 0.144 e. The minimum atomic E-state index is -0.717. The Morgan fingerprint density at radius 3 is 2.86 bits per heavy atom. The molecule has 1 aromatic carbocycles. The molecule has 3 aromatic heterocycles. The van der Waals surface area contributed by atoms with E-state index in [0.717, 1.165) is 33.1 Å². The molecule has 0 bridgehead atoms. The van der Waals surface area contributed by atoms with E-state index in [9.17, 15) is 5.11 Å². The first-order valence-corrected chi connectivity index (χ1v) is 6.89. The van der Waals surface area contributed by atoms with Gasteiger partial charge in [-0.3, -0.25) is 5.10 Å². The molecule has 3 heterocycles. The van der Waals surface area contributed by atoms with Crippen molar-refractivity contribution < 1.29 is 5.11 Å². The second-order valence-electron chi connectivity index (χ2n) is 5.20. The Hall–Kier alpha value is -2.93. The van der Waals surface area contributed by atoms with Gasteiger partial charge in [0.25, 0.3) is 0 Å². The molecule has 1 atom stereocenters. The predicted octanol–water partition coefficient (Wildman–Crippen LogP) is 2.07. The minimum absolute atomic E-state index is 0.399. The fourth-order valence-electron chi connectivity index (χ4n) is 2.57. The van der Waals surface area contributed by atoms with E-state index >= 15 is 0 Å². The van der Waals surface area contributed by atoms with Crippen molar-refractivity contribution in [3.05, 3.63) is 36.7 Å². The van der Waals surface area contributed by atoms with E-state index in [1.54, 1.807) is 19.3 Å². The van der Waals surface area contributed by atoms with Gasteiger partial charge in [-0.1, -0.05) is 6.07 Å². The zero-order chi connectivity index (χ0) is 15.3. The molecule has 0 radical (unpaired) electrons.